The standard InChI is InChI=1S/C7H7FN4O/c1-13-2-4-11-6(8)5-7(12-4)10-3-9-5/h3H,2H2,1H3,(H,9,10,11,12). The molecule has 2 heterocycles. The van der Waals surface area contributed by atoms with Crippen LogP contribution in [0.1, 0.15) is 5.82 Å². The summed E-state index contributed by atoms with van der Waals surface area (Å²) in [6.07, 6.45) is 1.37. The third kappa shape index (κ3) is 1.35. The van der Waals surface area contributed by atoms with Crippen LogP contribution < -0.4 is 0 Å². The van der Waals surface area contributed by atoms with Gasteiger partial charge in [0.15, 0.2) is 11.5 Å². The zero-order chi connectivity index (χ0) is 9.26. The lowest BCUT2D eigenvalue weighted by Crippen LogP contribution is -2.00. The highest BCUT2D eigenvalue weighted by molar-refractivity contribution is 5.68. The number of rotatable bonds is 2. The highest BCUT2D eigenvalue weighted by Gasteiger charge is 2.08. The normalized spacial score (nSPS) is 10.9. The van der Waals surface area contributed by atoms with Crippen LogP contribution in [0.3, 0.4) is 0 Å². The third-order valence-corrected chi connectivity index (χ3v) is 1.56. The molecule has 68 valence electrons. The van der Waals surface area contributed by atoms with Crippen LogP contribution in [0.15, 0.2) is 6.33 Å². The molecule has 0 aromatic carbocycles. The molecule has 5 nitrogen and oxygen atoms in total. The topological polar surface area (TPSA) is 63.7 Å². The largest absolute Gasteiger partial charge is 0.377 e. The second-order valence-corrected chi connectivity index (χ2v) is 2.46. The molecule has 0 spiro atoms. The molecule has 0 amide bonds. The fourth-order valence-electron chi connectivity index (χ4n) is 1.03. The molecule has 1 N–H and O–H groups in total. The number of imidazole rings is 1. The maximum absolute atomic E-state index is 13.1. The molecule has 0 fully saturated rings. The Kier molecular flexibility index (Phi) is 1.90. The summed E-state index contributed by atoms with van der Waals surface area (Å²) in [6, 6.07) is 0. The van der Waals surface area contributed by atoms with Crippen LogP contribution in [0.4, 0.5) is 4.39 Å². The Morgan fingerprint density at radius 3 is 3.15 bits per heavy atom. The van der Waals surface area contributed by atoms with E-state index in [0.29, 0.717) is 11.5 Å². The quantitative estimate of drug-likeness (QED) is 0.692. The van der Waals surface area contributed by atoms with E-state index < -0.39 is 5.95 Å². The smallest absolute Gasteiger partial charge is 0.242 e. The molecule has 0 radical (unpaired) electrons. The monoisotopic (exact) mass is 182 g/mol. The average molecular weight is 182 g/mol. The van der Waals surface area contributed by atoms with Crippen molar-refractivity contribution < 1.29 is 9.13 Å². The average Bonchev–Trinajstić information content (AvgIpc) is 2.53. The summed E-state index contributed by atoms with van der Waals surface area (Å²) in [6.45, 7) is 0.180. The summed E-state index contributed by atoms with van der Waals surface area (Å²) < 4.78 is 17.9. The van der Waals surface area contributed by atoms with Gasteiger partial charge < -0.3 is 9.72 Å². The first-order valence-corrected chi connectivity index (χ1v) is 3.65. The van der Waals surface area contributed by atoms with Gasteiger partial charge in [0.2, 0.25) is 5.95 Å². The van der Waals surface area contributed by atoms with Gasteiger partial charge >= 0.3 is 0 Å². The number of hydrogen-bond acceptors (Lipinski definition) is 4. The summed E-state index contributed by atoms with van der Waals surface area (Å²) in [5.41, 5.74) is 0.541. The number of hydrogen-bond donors (Lipinski definition) is 1. The van der Waals surface area contributed by atoms with Gasteiger partial charge in [-0.3, -0.25) is 0 Å². The van der Waals surface area contributed by atoms with E-state index >= 15 is 0 Å². The van der Waals surface area contributed by atoms with Crippen molar-refractivity contribution in [2.24, 2.45) is 0 Å². The van der Waals surface area contributed by atoms with Crippen LogP contribution >= 0.6 is 0 Å². The maximum Gasteiger partial charge on any atom is 0.242 e. The minimum atomic E-state index is -0.602. The van der Waals surface area contributed by atoms with Crippen LogP contribution in [-0.2, 0) is 11.3 Å². The van der Waals surface area contributed by atoms with E-state index in [-0.39, 0.29) is 12.1 Å². The second kappa shape index (κ2) is 3.06. The lowest BCUT2D eigenvalue weighted by molar-refractivity contribution is 0.177. The van der Waals surface area contributed by atoms with E-state index in [9.17, 15) is 4.39 Å². The minimum Gasteiger partial charge on any atom is -0.377 e. The molecule has 0 saturated carbocycles. The highest BCUT2D eigenvalue weighted by Crippen LogP contribution is 2.09. The Labute approximate surface area is 73.0 Å². The predicted octanol–water partition coefficient (Wildman–Crippen LogP) is 0.638. The number of nitrogens with zero attached hydrogens (tertiary/aromatic N) is 3. The molecule has 0 saturated heterocycles. The van der Waals surface area contributed by atoms with Gasteiger partial charge in [0.25, 0.3) is 0 Å². The molecule has 0 aliphatic carbocycles. The first-order valence-electron chi connectivity index (χ1n) is 3.65. The Balaban J connectivity index is 2.56. The molecule has 13 heavy (non-hydrogen) atoms. The molecule has 0 bridgehead atoms. The Hall–Kier alpha value is -1.56. The molecule has 0 aliphatic rings. The van der Waals surface area contributed by atoms with Gasteiger partial charge in [0.05, 0.1) is 6.33 Å². The van der Waals surface area contributed by atoms with Gasteiger partial charge in [-0.15, -0.1) is 0 Å². The van der Waals surface area contributed by atoms with E-state index in [2.05, 4.69) is 19.9 Å². The van der Waals surface area contributed by atoms with Crippen LogP contribution in [0.5, 0.6) is 0 Å². The number of methoxy groups -OCH3 is 1. The van der Waals surface area contributed by atoms with Crippen LogP contribution in [0.25, 0.3) is 11.2 Å². The number of fused-ring (bicyclic) bond motifs is 1. The van der Waals surface area contributed by atoms with Crippen molar-refractivity contribution in [1.29, 1.82) is 0 Å². The molecular formula is C7H7FN4O. The minimum absolute atomic E-state index is 0.180. The predicted molar refractivity (Wildman–Crippen MR) is 42.4 cm³/mol. The van der Waals surface area contributed by atoms with E-state index in [0.717, 1.165) is 0 Å². The zero-order valence-corrected chi connectivity index (χ0v) is 6.91. The van der Waals surface area contributed by atoms with E-state index in [1.165, 1.54) is 13.4 Å². The molecule has 2 aromatic rings. The fraction of sp³-hybridized carbons (Fsp3) is 0.286. The number of nitrogens with one attached hydrogen (secondary N) is 1. The molecule has 0 aliphatic heterocycles. The number of halogens is 1. The fourth-order valence-corrected chi connectivity index (χ4v) is 1.03. The Morgan fingerprint density at radius 1 is 1.54 bits per heavy atom. The molecule has 6 heteroatoms. The van der Waals surface area contributed by atoms with Crippen LogP contribution in [0.2, 0.25) is 0 Å². The molecule has 0 atom stereocenters. The van der Waals surface area contributed by atoms with Crippen LogP contribution in [0, 0.1) is 5.95 Å². The summed E-state index contributed by atoms with van der Waals surface area (Å²) in [4.78, 5) is 14.0. The summed E-state index contributed by atoms with van der Waals surface area (Å²) >= 11 is 0. The number of aromatic amines is 1. The highest BCUT2D eigenvalue weighted by atomic mass is 19.1. The van der Waals surface area contributed by atoms with Crippen LogP contribution in [-0.4, -0.2) is 27.0 Å². The van der Waals surface area contributed by atoms with Gasteiger partial charge in [0, 0.05) is 7.11 Å². The van der Waals surface area contributed by atoms with Crippen molar-refractivity contribution in [1.82, 2.24) is 19.9 Å². The lowest BCUT2D eigenvalue weighted by Gasteiger charge is -1.97. The van der Waals surface area contributed by atoms with Gasteiger partial charge in [-0.25, -0.2) is 9.97 Å². The Bertz CT molecular complexity index is 427. The molecular weight excluding hydrogens is 175 g/mol. The third-order valence-electron chi connectivity index (χ3n) is 1.56. The number of ether oxygens (including phenoxy) is 1. The van der Waals surface area contributed by atoms with Gasteiger partial charge in [-0.1, -0.05) is 0 Å². The SMILES string of the molecule is COCc1nc(F)c2[nH]cnc2n1. The van der Waals surface area contributed by atoms with Crippen molar-refractivity contribution in [3.05, 3.63) is 18.1 Å². The number of aromatic nitrogens is 4. The van der Waals surface area contributed by atoms with E-state index in [1.807, 2.05) is 0 Å². The Morgan fingerprint density at radius 2 is 2.38 bits per heavy atom. The van der Waals surface area contributed by atoms with Gasteiger partial charge in [-0.2, -0.15) is 9.37 Å². The van der Waals surface area contributed by atoms with Crippen molar-refractivity contribution in [3.8, 4) is 0 Å². The van der Waals surface area contributed by atoms with Crippen molar-refractivity contribution >= 4 is 11.2 Å². The molecule has 2 rings (SSSR count). The summed E-state index contributed by atoms with van der Waals surface area (Å²) in [5, 5.41) is 0. The second-order valence-electron chi connectivity index (χ2n) is 2.46. The number of H-pyrrole nitrogens is 1. The van der Waals surface area contributed by atoms with Crippen molar-refractivity contribution in [3.63, 3.8) is 0 Å². The van der Waals surface area contributed by atoms with Crippen molar-refractivity contribution in [2.45, 2.75) is 6.61 Å². The summed E-state index contributed by atoms with van der Waals surface area (Å²) in [5.74, 6) is -0.311. The zero-order valence-electron chi connectivity index (χ0n) is 6.91. The molecule has 2 aromatic heterocycles. The first kappa shape index (κ1) is 8.06. The molecule has 0 unspecified atom stereocenters. The maximum atomic E-state index is 13.1. The van der Waals surface area contributed by atoms with E-state index in [4.69, 9.17) is 4.74 Å². The lowest BCUT2D eigenvalue weighted by atomic mass is 10.5. The van der Waals surface area contributed by atoms with Gasteiger partial charge in [-0.05, 0) is 0 Å². The van der Waals surface area contributed by atoms with Gasteiger partial charge in [0.1, 0.15) is 12.1 Å². The first-order chi connectivity index (χ1) is 6.31. The van der Waals surface area contributed by atoms with Crippen molar-refractivity contribution in [2.75, 3.05) is 7.11 Å². The van der Waals surface area contributed by atoms with E-state index in [1.54, 1.807) is 0 Å². The summed E-state index contributed by atoms with van der Waals surface area (Å²) in [7, 11) is 1.50.